The number of nitrogens with two attached hydrogens (primary N) is 1. The minimum atomic E-state index is -0.237. The van der Waals surface area contributed by atoms with Gasteiger partial charge in [-0.3, -0.25) is 4.79 Å². The van der Waals surface area contributed by atoms with Crippen LogP contribution in [0.3, 0.4) is 0 Å². The lowest BCUT2D eigenvalue weighted by atomic mass is 10.0. The SMILES string of the molecule is CCC(=O)C(N)CCCCNC(C)CC. The maximum Gasteiger partial charge on any atom is 0.149 e. The number of carbonyl (C=O) groups is 1. The molecule has 2 atom stereocenters. The van der Waals surface area contributed by atoms with E-state index in [-0.39, 0.29) is 11.8 Å². The van der Waals surface area contributed by atoms with Crippen LogP contribution in [0.4, 0.5) is 0 Å². The molecule has 0 aromatic heterocycles. The van der Waals surface area contributed by atoms with Crippen LogP contribution >= 0.6 is 0 Å². The summed E-state index contributed by atoms with van der Waals surface area (Å²) in [6.45, 7) is 7.26. The third-order valence-electron chi connectivity index (χ3n) is 2.81. The number of carbonyl (C=O) groups excluding carboxylic acids is 1. The molecule has 0 aliphatic heterocycles. The molecule has 3 N–H and O–H groups in total. The summed E-state index contributed by atoms with van der Waals surface area (Å²) in [6.07, 6.45) is 4.69. The Morgan fingerprint density at radius 1 is 1.33 bits per heavy atom. The lowest BCUT2D eigenvalue weighted by Crippen LogP contribution is -2.30. The van der Waals surface area contributed by atoms with E-state index in [4.69, 9.17) is 5.73 Å². The summed E-state index contributed by atoms with van der Waals surface area (Å²) in [5.41, 5.74) is 5.73. The van der Waals surface area contributed by atoms with E-state index in [0.717, 1.165) is 32.2 Å². The second-order valence-electron chi connectivity index (χ2n) is 4.19. The molecule has 0 rings (SSSR count). The van der Waals surface area contributed by atoms with Crippen molar-refractivity contribution in [1.29, 1.82) is 0 Å². The predicted octanol–water partition coefficient (Wildman–Crippen LogP) is 1.85. The van der Waals surface area contributed by atoms with Gasteiger partial charge >= 0.3 is 0 Å². The molecule has 90 valence electrons. The summed E-state index contributed by atoms with van der Waals surface area (Å²) in [6, 6.07) is 0.356. The van der Waals surface area contributed by atoms with E-state index in [0.29, 0.717) is 12.5 Å². The fourth-order valence-corrected chi connectivity index (χ4v) is 1.41. The molecule has 0 radical (unpaired) electrons. The van der Waals surface area contributed by atoms with Crippen LogP contribution in [0.15, 0.2) is 0 Å². The number of rotatable bonds is 9. The van der Waals surface area contributed by atoms with Crippen LogP contribution in [0, 0.1) is 0 Å². The van der Waals surface area contributed by atoms with E-state index in [1.165, 1.54) is 0 Å². The maximum atomic E-state index is 11.2. The summed E-state index contributed by atoms with van der Waals surface area (Å²) in [4.78, 5) is 11.2. The van der Waals surface area contributed by atoms with Gasteiger partial charge in [0, 0.05) is 12.5 Å². The van der Waals surface area contributed by atoms with Crippen molar-refractivity contribution in [3.05, 3.63) is 0 Å². The molecule has 3 heteroatoms. The Kier molecular flexibility index (Phi) is 8.62. The fourth-order valence-electron chi connectivity index (χ4n) is 1.41. The van der Waals surface area contributed by atoms with E-state index in [1.54, 1.807) is 0 Å². The van der Waals surface area contributed by atoms with Crippen molar-refractivity contribution in [3.63, 3.8) is 0 Å². The molecule has 0 aromatic rings. The molecule has 0 fully saturated rings. The number of hydrogen-bond donors (Lipinski definition) is 2. The van der Waals surface area contributed by atoms with Gasteiger partial charge in [-0.1, -0.05) is 20.3 Å². The standard InChI is InChI=1S/C12H26N2O/c1-4-10(3)14-9-7-6-8-11(13)12(15)5-2/h10-11,14H,4-9,13H2,1-3H3. The van der Waals surface area contributed by atoms with Gasteiger partial charge in [-0.15, -0.1) is 0 Å². The number of unbranched alkanes of at least 4 members (excludes halogenated alkanes) is 1. The second-order valence-corrected chi connectivity index (χ2v) is 4.19. The van der Waals surface area contributed by atoms with Crippen molar-refractivity contribution in [2.75, 3.05) is 6.54 Å². The highest BCUT2D eigenvalue weighted by molar-refractivity contribution is 5.83. The Bertz CT molecular complexity index is 171. The zero-order chi connectivity index (χ0) is 11.7. The number of Topliss-reactive ketones (excluding diaryl/α,β-unsaturated/α-hetero) is 1. The quantitative estimate of drug-likeness (QED) is 0.576. The average molecular weight is 214 g/mol. The first-order valence-corrected chi connectivity index (χ1v) is 6.13. The van der Waals surface area contributed by atoms with Crippen LogP contribution in [0.1, 0.15) is 52.9 Å². The van der Waals surface area contributed by atoms with Gasteiger partial charge in [-0.25, -0.2) is 0 Å². The molecule has 0 saturated heterocycles. The van der Waals surface area contributed by atoms with Crippen LogP contribution in [0.2, 0.25) is 0 Å². The fraction of sp³-hybridized carbons (Fsp3) is 0.917. The largest absolute Gasteiger partial charge is 0.322 e. The normalized spacial score (nSPS) is 14.9. The molecular formula is C12H26N2O. The van der Waals surface area contributed by atoms with Crippen molar-refractivity contribution in [2.24, 2.45) is 5.73 Å². The summed E-state index contributed by atoms with van der Waals surface area (Å²) in [5.74, 6) is 0.185. The van der Waals surface area contributed by atoms with E-state index in [1.807, 2.05) is 6.92 Å². The monoisotopic (exact) mass is 214 g/mol. The van der Waals surface area contributed by atoms with E-state index >= 15 is 0 Å². The zero-order valence-corrected chi connectivity index (χ0v) is 10.4. The maximum absolute atomic E-state index is 11.2. The van der Waals surface area contributed by atoms with E-state index in [2.05, 4.69) is 19.2 Å². The van der Waals surface area contributed by atoms with Crippen LogP contribution in [0.25, 0.3) is 0 Å². The van der Waals surface area contributed by atoms with Crippen molar-refractivity contribution >= 4 is 5.78 Å². The predicted molar refractivity (Wildman–Crippen MR) is 64.9 cm³/mol. The summed E-state index contributed by atoms with van der Waals surface area (Å²) in [7, 11) is 0. The first-order valence-electron chi connectivity index (χ1n) is 6.13. The lowest BCUT2D eigenvalue weighted by Gasteiger charge is -2.12. The summed E-state index contributed by atoms with van der Waals surface area (Å²) in [5, 5.41) is 3.42. The number of hydrogen-bond acceptors (Lipinski definition) is 3. The van der Waals surface area contributed by atoms with Gasteiger partial charge in [0.2, 0.25) is 0 Å². The number of ketones is 1. The minimum absolute atomic E-state index is 0.185. The summed E-state index contributed by atoms with van der Waals surface area (Å²) < 4.78 is 0. The number of nitrogens with one attached hydrogen (secondary N) is 1. The van der Waals surface area contributed by atoms with Gasteiger partial charge in [-0.2, -0.15) is 0 Å². The molecule has 0 amide bonds. The van der Waals surface area contributed by atoms with Crippen LogP contribution in [0.5, 0.6) is 0 Å². The smallest absolute Gasteiger partial charge is 0.149 e. The van der Waals surface area contributed by atoms with Gasteiger partial charge in [0.1, 0.15) is 5.78 Å². The highest BCUT2D eigenvalue weighted by atomic mass is 16.1. The van der Waals surface area contributed by atoms with Gasteiger partial charge in [0.15, 0.2) is 0 Å². The first kappa shape index (κ1) is 14.6. The Balaban J connectivity index is 3.34. The molecule has 2 unspecified atom stereocenters. The van der Waals surface area contributed by atoms with Crippen molar-refractivity contribution in [1.82, 2.24) is 5.32 Å². The molecule has 0 spiro atoms. The molecule has 0 bridgehead atoms. The van der Waals surface area contributed by atoms with E-state index in [9.17, 15) is 4.79 Å². The molecule has 0 aliphatic rings. The molecule has 0 aromatic carbocycles. The summed E-state index contributed by atoms with van der Waals surface area (Å²) >= 11 is 0. The second kappa shape index (κ2) is 8.86. The molecule has 15 heavy (non-hydrogen) atoms. The molecule has 0 heterocycles. The Hall–Kier alpha value is -0.410. The van der Waals surface area contributed by atoms with Crippen molar-refractivity contribution < 1.29 is 4.79 Å². The Morgan fingerprint density at radius 2 is 2.00 bits per heavy atom. The zero-order valence-electron chi connectivity index (χ0n) is 10.4. The molecular weight excluding hydrogens is 188 g/mol. The third kappa shape index (κ3) is 7.51. The Labute approximate surface area is 93.8 Å². The van der Waals surface area contributed by atoms with Gasteiger partial charge < -0.3 is 11.1 Å². The first-order chi connectivity index (χ1) is 7.11. The van der Waals surface area contributed by atoms with Crippen LogP contribution in [-0.4, -0.2) is 24.4 Å². The van der Waals surface area contributed by atoms with Gasteiger partial charge in [-0.05, 0) is 32.7 Å². The molecule has 3 nitrogen and oxygen atoms in total. The lowest BCUT2D eigenvalue weighted by molar-refractivity contribution is -0.120. The van der Waals surface area contributed by atoms with Gasteiger partial charge in [0.05, 0.1) is 6.04 Å². The topological polar surface area (TPSA) is 55.1 Å². The third-order valence-corrected chi connectivity index (χ3v) is 2.81. The van der Waals surface area contributed by atoms with Crippen molar-refractivity contribution in [2.45, 2.75) is 65.0 Å². The van der Waals surface area contributed by atoms with Crippen LogP contribution in [-0.2, 0) is 4.79 Å². The minimum Gasteiger partial charge on any atom is -0.322 e. The van der Waals surface area contributed by atoms with Crippen LogP contribution < -0.4 is 11.1 Å². The van der Waals surface area contributed by atoms with E-state index < -0.39 is 0 Å². The van der Waals surface area contributed by atoms with Gasteiger partial charge in [0.25, 0.3) is 0 Å². The molecule has 0 aliphatic carbocycles. The Morgan fingerprint density at radius 3 is 2.53 bits per heavy atom. The highest BCUT2D eigenvalue weighted by Gasteiger charge is 2.09. The average Bonchev–Trinajstić information content (AvgIpc) is 2.26. The molecule has 0 saturated carbocycles. The highest BCUT2D eigenvalue weighted by Crippen LogP contribution is 2.01. The van der Waals surface area contributed by atoms with Crippen molar-refractivity contribution in [3.8, 4) is 0 Å².